The molecule has 1 aromatic carbocycles. The Morgan fingerprint density at radius 3 is 2.50 bits per heavy atom. The van der Waals surface area contributed by atoms with Crippen LogP contribution >= 0.6 is 0 Å². The SMILES string of the molecule is NC1=CC=C(OC(=O)c2ccccc2)CC1. The van der Waals surface area contributed by atoms with Crippen LogP contribution in [0.4, 0.5) is 0 Å². The van der Waals surface area contributed by atoms with E-state index in [0.29, 0.717) is 17.7 Å². The summed E-state index contributed by atoms with van der Waals surface area (Å²) >= 11 is 0. The maximum Gasteiger partial charge on any atom is 0.343 e. The summed E-state index contributed by atoms with van der Waals surface area (Å²) in [6, 6.07) is 8.94. The first kappa shape index (κ1) is 10.5. The van der Waals surface area contributed by atoms with Crippen molar-refractivity contribution in [1.29, 1.82) is 0 Å². The zero-order valence-electron chi connectivity index (χ0n) is 8.85. The average molecular weight is 215 g/mol. The molecule has 0 heterocycles. The molecule has 0 spiro atoms. The van der Waals surface area contributed by atoms with Crippen molar-refractivity contribution in [3.05, 3.63) is 59.5 Å². The van der Waals surface area contributed by atoms with E-state index in [1.807, 2.05) is 18.2 Å². The lowest BCUT2D eigenvalue weighted by atomic mass is 10.1. The van der Waals surface area contributed by atoms with E-state index < -0.39 is 0 Å². The summed E-state index contributed by atoms with van der Waals surface area (Å²) in [4.78, 5) is 11.7. The van der Waals surface area contributed by atoms with Crippen LogP contribution in [0.15, 0.2) is 53.9 Å². The number of nitrogens with two attached hydrogens (primary N) is 1. The molecular weight excluding hydrogens is 202 g/mol. The molecule has 0 amide bonds. The van der Waals surface area contributed by atoms with Gasteiger partial charge >= 0.3 is 5.97 Å². The predicted molar refractivity (Wildman–Crippen MR) is 61.4 cm³/mol. The Morgan fingerprint density at radius 2 is 1.88 bits per heavy atom. The van der Waals surface area contributed by atoms with Gasteiger partial charge in [-0.25, -0.2) is 4.79 Å². The van der Waals surface area contributed by atoms with Crippen molar-refractivity contribution in [1.82, 2.24) is 0 Å². The fraction of sp³-hybridized carbons (Fsp3) is 0.154. The Bertz CT molecular complexity index is 446. The topological polar surface area (TPSA) is 52.3 Å². The molecule has 1 aromatic rings. The monoisotopic (exact) mass is 215 g/mol. The standard InChI is InChI=1S/C13H13NO2/c14-11-6-8-12(9-7-11)16-13(15)10-4-2-1-3-5-10/h1-6,8H,7,9,14H2. The molecule has 1 aliphatic rings. The van der Waals surface area contributed by atoms with E-state index in [9.17, 15) is 4.79 Å². The Hall–Kier alpha value is -2.03. The van der Waals surface area contributed by atoms with Crippen LogP contribution in [-0.2, 0) is 4.74 Å². The molecule has 0 bridgehead atoms. The van der Waals surface area contributed by atoms with Crippen molar-refractivity contribution in [2.45, 2.75) is 12.8 Å². The molecule has 0 aliphatic heterocycles. The van der Waals surface area contributed by atoms with Gasteiger partial charge in [-0.2, -0.15) is 0 Å². The minimum Gasteiger partial charge on any atom is -0.427 e. The lowest BCUT2D eigenvalue weighted by Crippen LogP contribution is -2.08. The molecule has 0 radical (unpaired) electrons. The first-order chi connectivity index (χ1) is 7.75. The van der Waals surface area contributed by atoms with E-state index in [1.54, 1.807) is 24.3 Å². The number of benzene rings is 1. The lowest BCUT2D eigenvalue weighted by Gasteiger charge is -2.12. The number of carbonyl (C=O) groups is 1. The van der Waals surface area contributed by atoms with E-state index in [1.165, 1.54) is 0 Å². The summed E-state index contributed by atoms with van der Waals surface area (Å²) < 4.78 is 5.25. The molecule has 0 saturated carbocycles. The summed E-state index contributed by atoms with van der Waals surface area (Å²) in [6.07, 6.45) is 4.95. The Labute approximate surface area is 94.2 Å². The van der Waals surface area contributed by atoms with Gasteiger partial charge in [0, 0.05) is 12.1 Å². The lowest BCUT2D eigenvalue weighted by molar-refractivity contribution is 0.0613. The molecule has 0 atom stereocenters. The highest BCUT2D eigenvalue weighted by Gasteiger charge is 2.11. The van der Waals surface area contributed by atoms with Crippen LogP contribution in [0.5, 0.6) is 0 Å². The highest BCUT2D eigenvalue weighted by molar-refractivity contribution is 5.90. The van der Waals surface area contributed by atoms with Gasteiger partial charge in [0.05, 0.1) is 5.56 Å². The fourth-order valence-electron chi connectivity index (χ4n) is 1.47. The quantitative estimate of drug-likeness (QED) is 0.770. The van der Waals surface area contributed by atoms with Crippen LogP contribution in [0.2, 0.25) is 0 Å². The van der Waals surface area contributed by atoms with Crippen molar-refractivity contribution >= 4 is 5.97 Å². The number of rotatable bonds is 2. The van der Waals surface area contributed by atoms with Crippen LogP contribution in [0.1, 0.15) is 23.2 Å². The summed E-state index contributed by atoms with van der Waals surface area (Å²) in [7, 11) is 0. The molecule has 16 heavy (non-hydrogen) atoms. The van der Waals surface area contributed by atoms with Crippen LogP contribution in [0.3, 0.4) is 0 Å². The third-order valence-electron chi connectivity index (χ3n) is 2.38. The molecule has 3 nitrogen and oxygen atoms in total. The zero-order valence-corrected chi connectivity index (χ0v) is 8.85. The maximum atomic E-state index is 11.7. The largest absolute Gasteiger partial charge is 0.427 e. The first-order valence-corrected chi connectivity index (χ1v) is 5.18. The second-order valence-electron chi connectivity index (χ2n) is 3.63. The fourth-order valence-corrected chi connectivity index (χ4v) is 1.47. The first-order valence-electron chi connectivity index (χ1n) is 5.18. The predicted octanol–water partition coefficient (Wildman–Crippen LogP) is 2.36. The maximum absolute atomic E-state index is 11.7. The molecule has 3 heteroatoms. The number of hydrogen-bond acceptors (Lipinski definition) is 3. The third kappa shape index (κ3) is 2.51. The smallest absolute Gasteiger partial charge is 0.343 e. The van der Waals surface area contributed by atoms with Crippen LogP contribution in [0.25, 0.3) is 0 Å². The van der Waals surface area contributed by atoms with Crippen molar-refractivity contribution in [3.63, 3.8) is 0 Å². The normalized spacial score (nSPS) is 15.0. The van der Waals surface area contributed by atoms with Gasteiger partial charge in [0.25, 0.3) is 0 Å². The molecular formula is C13H13NO2. The van der Waals surface area contributed by atoms with E-state index in [0.717, 1.165) is 12.1 Å². The van der Waals surface area contributed by atoms with Crippen LogP contribution in [-0.4, -0.2) is 5.97 Å². The van der Waals surface area contributed by atoms with E-state index >= 15 is 0 Å². The Kier molecular flexibility index (Phi) is 3.05. The molecule has 0 unspecified atom stereocenters. The van der Waals surface area contributed by atoms with Gasteiger partial charge in [0.2, 0.25) is 0 Å². The molecule has 0 fully saturated rings. The highest BCUT2D eigenvalue weighted by atomic mass is 16.5. The van der Waals surface area contributed by atoms with Gasteiger partial charge in [-0.05, 0) is 30.7 Å². The van der Waals surface area contributed by atoms with Gasteiger partial charge in [0.15, 0.2) is 0 Å². The van der Waals surface area contributed by atoms with Crippen molar-refractivity contribution < 1.29 is 9.53 Å². The second kappa shape index (κ2) is 4.66. The van der Waals surface area contributed by atoms with Crippen molar-refractivity contribution in [2.24, 2.45) is 5.73 Å². The van der Waals surface area contributed by atoms with Crippen molar-refractivity contribution in [2.75, 3.05) is 0 Å². The summed E-state index contributed by atoms with van der Waals surface area (Å²) in [6.45, 7) is 0. The molecule has 0 aromatic heterocycles. The highest BCUT2D eigenvalue weighted by Crippen LogP contribution is 2.17. The van der Waals surface area contributed by atoms with Gasteiger partial charge in [-0.1, -0.05) is 18.2 Å². The Morgan fingerprint density at radius 1 is 1.12 bits per heavy atom. The minimum absolute atomic E-state index is 0.319. The zero-order chi connectivity index (χ0) is 11.4. The number of allylic oxidation sites excluding steroid dienone is 4. The molecule has 82 valence electrons. The summed E-state index contributed by atoms with van der Waals surface area (Å²) in [5.74, 6) is 0.351. The minimum atomic E-state index is -0.319. The average Bonchev–Trinajstić information content (AvgIpc) is 2.33. The molecule has 1 aliphatic carbocycles. The molecule has 0 saturated heterocycles. The summed E-state index contributed by atoms with van der Waals surface area (Å²) in [5, 5.41) is 0. The van der Waals surface area contributed by atoms with Gasteiger partial charge in [-0.15, -0.1) is 0 Å². The van der Waals surface area contributed by atoms with Gasteiger partial charge in [0.1, 0.15) is 5.76 Å². The van der Waals surface area contributed by atoms with E-state index in [2.05, 4.69) is 0 Å². The van der Waals surface area contributed by atoms with Crippen molar-refractivity contribution in [3.8, 4) is 0 Å². The van der Waals surface area contributed by atoms with Gasteiger partial charge in [-0.3, -0.25) is 0 Å². The van der Waals surface area contributed by atoms with E-state index in [4.69, 9.17) is 10.5 Å². The van der Waals surface area contributed by atoms with E-state index in [-0.39, 0.29) is 5.97 Å². The third-order valence-corrected chi connectivity index (χ3v) is 2.38. The Balaban J connectivity index is 2.04. The van der Waals surface area contributed by atoms with Gasteiger partial charge < -0.3 is 10.5 Å². The molecule has 2 N–H and O–H groups in total. The summed E-state index contributed by atoms with van der Waals surface area (Å²) in [5.41, 5.74) is 6.99. The van der Waals surface area contributed by atoms with Crippen LogP contribution in [0, 0.1) is 0 Å². The molecule has 2 rings (SSSR count). The van der Waals surface area contributed by atoms with Crippen LogP contribution < -0.4 is 5.73 Å². The number of hydrogen-bond donors (Lipinski definition) is 1. The number of ether oxygens (including phenoxy) is 1. The number of esters is 1. The second-order valence-corrected chi connectivity index (χ2v) is 3.63. The number of carbonyl (C=O) groups excluding carboxylic acids is 1.